The summed E-state index contributed by atoms with van der Waals surface area (Å²) in [5, 5.41) is 0. The maximum absolute atomic E-state index is 6.70. The van der Waals surface area contributed by atoms with Gasteiger partial charge in [0.05, 0.1) is 12.2 Å². The van der Waals surface area contributed by atoms with E-state index in [0.717, 1.165) is 5.75 Å². The second-order valence-corrected chi connectivity index (χ2v) is 11.0. The van der Waals surface area contributed by atoms with Crippen molar-refractivity contribution in [2.45, 2.75) is 86.5 Å². The lowest BCUT2D eigenvalue weighted by atomic mass is 9.84. The van der Waals surface area contributed by atoms with Crippen LogP contribution in [0.5, 0.6) is 5.75 Å². The molecule has 3 aromatic carbocycles. The largest absolute Gasteiger partial charge is 0.490 e. The zero-order valence-electron chi connectivity index (χ0n) is 23.0. The van der Waals surface area contributed by atoms with Gasteiger partial charge in [-0.05, 0) is 110 Å². The minimum atomic E-state index is 0.0810. The van der Waals surface area contributed by atoms with Crippen molar-refractivity contribution in [3.05, 3.63) is 99.1 Å². The molecule has 0 bridgehead atoms. The van der Waals surface area contributed by atoms with Crippen LogP contribution in [0.2, 0.25) is 0 Å². The average molecular weight is 471 g/mol. The predicted octanol–water partition coefficient (Wildman–Crippen LogP) is 8.88. The molecule has 0 N–H and O–H groups in total. The zero-order valence-corrected chi connectivity index (χ0v) is 23.0. The number of hydrogen-bond acceptors (Lipinski definition) is 2. The Kier molecular flexibility index (Phi) is 7.43. The summed E-state index contributed by atoms with van der Waals surface area (Å²) in [7, 11) is 0. The highest BCUT2D eigenvalue weighted by molar-refractivity contribution is 5.39. The topological polar surface area (TPSA) is 18.5 Å². The van der Waals surface area contributed by atoms with Crippen LogP contribution in [-0.4, -0.2) is 6.10 Å². The Morgan fingerprint density at radius 1 is 0.629 bits per heavy atom. The molecular weight excluding hydrogens is 428 g/mol. The fourth-order valence-corrected chi connectivity index (χ4v) is 5.27. The van der Waals surface area contributed by atoms with Gasteiger partial charge in [0.15, 0.2) is 0 Å². The summed E-state index contributed by atoms with van der Waals surface area (Å²) in [4.78, 5) is 0. The first-order valence-corrected chi connectivity index (χ1v) is 13.1. The number of hydrogen-bond donors (Lipinski definition) is 0. The van der Waals surface area contributed by atoms with E-state index in [1.54, 1.807) is 0 Å². The summed E-state index contributed by atoms with van der Waals surface area (Å²) in [6.45, 7) is 19.9. The Labute approximate surface area is 212 Å². The molecule has 2 nitrogen and oxygen atoms in total. The molecule has 1 aliphatic heterocycles. The van der Waals surface area contributed by atoms with E-state index in [9.17, 15) is 0 Å². The molecule has 4 rings (SSSR count). The van der Waals surface area contributed by atoms with Crippen molar-refractivity contribution >= 4 is 0 Å². The highest BCUT2D eigenvalue weighted by Crippen LogP contribution is 2.49. The molecule has 6 atom stereocenters. The van der Waals surface area contributed by atoms with Gasteiger partial charge < -0.3 is 9.47 Å². The van der Waals surface area contributed by atoms with Gasteiger partial charge in [-0.1, -0.05) is 63.2 Å². The molecule has 2 heteroatoms. The molecule has 0 aliphatic carbocycles. The summed E-state index contributed by atoms with van der Waals surface area (Å²) in [5.41, 5.74) is 10.4. The Hall–Kier alpha value is -2.58. The third-order valence-electron chi connectivity index (χ3n) is 8.54. The molecule has 0 spiro atoms. The van der Waals surface area contributed by atoms with E-state index in [1.807, 2.05) is 0 Å². The zero-order chi connectivity index (χ0) is 25.4. The van der Waals surface area contributed by atoms with E-state index in [2.05, 4.69) is 117 Å². The maximum atomic E-state index is 6.70. The van der Waals surface area contributed by atoms with Crippen molar-refractivity contribution in [2.24, 2.45) is 11.8 Å². The van der Waals surface area contributed by atoms with Crippen LogP contribution < -0.4 is 4.74 Å². The first-order chi connectivity index (χ1) is 16.6. The van der Waals surface area contributed by atoms with E-state index in [4.69, 9.17) is 9.47 Å². The van der Waals surface area contributed by atoms with Crippen molar-refractivity contribution in [3.8, 4) is 5.75 Å². The van der Waals surface area contributed by atoms with E-state index < -0.39 is 0 Å². The average Bonchev–Trinajstić information content (AvgIpc) is 3.12. The molecule has 1 aliphatic rings. The SMILES string of the molecule is Cc1ccc(C(C)C(C)Oc2ccc(C3OC(c4ccc(C)c(C)c4)C(C)C3C)cc2C)cc1C. The lowest BCUT2D eigenvalue weighted by Crippen LogP contribution is -2.20. The molecule has 0 aromatic heterocycles. The lowest BCUT2D eigenvalue weighted by Gasteiger charge is -2.24. The van der Waals surface area contributed by atoms with E-state index in [-0.39, 0.29) is 18.3 Å². The molecule has 1 heterocycles. The first-order valence-electron chi connectivity index (χ1n) is 13.1. The molecule has 0 amide bonds. The van der Waals surface area contributed by atoms with Crippen LogP contribution in [0.15, 0.2) is 54.6 Å². The summed E-state index contributed by atoms with van der Waals surface area (Å²) >= 11 is 0. The minimum Gasteiger partial charge on any atom is -0.490 e. The van der Waals surface area contributed by atoms with Crippen molar-refractivity contribution < 1.29 is 9.47 Å². The van der Waals surface area contributed by atoms with Crippen LogP contribution in [0.25, 0.3) is 0 Å². The van der Waals surface area contributed by atoms with Gasteiger partial charge in [-0.25, -0.2) is 0 Å². The molecule has 0 saturated carbocycles. The molecule has 6 unspecified atom stereocenters. The molecule has 1 saturated heterocycles. The van der Waals surface area contributed by atoms with Gasteiger partial charge >= 0.3 is 0 Å². The predicted molar refractivity (Wildman–Crippen MR) is 146 cm³/mol. The number of rotatable bonds is 6. The second-order valence-electron chi connectivity index (χ2n) is 11.0. The van der Waals surface area contributed by atoms with Crippen LogP contribution in [0.1, 0.15) is 90.3 Å². The molecule has 35 heavy (non-hydrogen) atoms. The molecule has 3 aromatic rings. The Morgan fingerprint density at radius 3 is 1.69 bits per heavy atom. The second kappa shape index (κ2) is 10.2. The number of benzene rings is 3. The Bertz CT molecular complexity index is 1190. The maximum Gasteiger partial charge on any atom is 0.122 e. The fraction of sp³-hybridized carbons (Fsp3) is 0.455. The lowest BCUT2D eigenvalue weighted by molar-refractivity contribution is 0.0289. The molecule has 186 valence electrons. The fourth-order valence-electron chi connectivity index (χ4n) is 5.27. The smallest absolute Gasteiger partial charge is 0.122 e. The highest BCUT2D eigenvalue weighted by Gasteiger charge is 2.40. The summed E-state index contributed by atoms with van der Waals surface area (Å²) in [6, 6.07) is 20.1. The third kappa shape index (κ3) is 5.19. The van der Waals surface area contributed by atoms with E-state index in [0.29, 0.717) is 17.8 Å². The van der Waals surface area contributed by atoms with Crippen molar-refractivity contribution in [1.29, 1.82) is 0 Å². The summed E-state index contributed by atoms with van der Waals surface area (Å²) in [5.74, 6) is 2.17. The standard InChI is InChI=1S/C33H42O2/c1-19-10-12-28(16-21(19)3)26(8)27(9)34-31-15-14-30(18-23(31)5)33-25(7)24(6)32(35-33)29-13-11-20(2)22(4)17-29/h10-18,24-27,32-33H,1-9H3. The normalized spacial score (nSPS) is 23.8. The van der Waals surface area contributed by atoms with Gasteiger partial charge in [0, 0.05) is 5.92 Å². The van der Waals surface area contributed by atoms with Gasteiger partial charge in [0.25, 0.3) is 0 Å². The monoisotopic (exact) mass is 470 g/mol. The van der Waals surface area contributed by atoms with Gasteiger partial charge in [0.1, 0.15) is 11.9 Å². The summed E-state index contributed by atoms with van der Waals surface area (Å²) < 4.78 is 13.2. The third-order valence-corrected chi connectivity index (χ3v) is 8.54. The van der Waals surface area contributed by atoms with Crippen molar-refractivity contribution in [3.63, 3.8) is 0 Å². The van der Waals surface area contributed by atoms with Crippen LogP contribution in [0.4, 0.5) is 0 Å². The van der Waals surface area contributed by atoms with Crippen LogP contribution in [-0.2, 0) is 4.74 Å². The van der Waals surface area contributed by atoms with E-state index in [1.165, 1.54) is 44.5 Å². The van der Waals surface area contributed by atoms with E-state index >= 15 is 0 Å². The van der Waals surface area contributed by atoms with Crippen LogP contribution >= 0.6 is 0 Å². The Morgan fingerprint density at radius 2 is 1.14 bits per heavy atom. The van der Waals surface area contributed by atoms with Crippen LogP contribution in [0.3, 0.4) is 0 Å². The molecule has 0 radical (unpaired) electrons. The molecular formula is C33H42O2. The van der Waals surface area contributed by atoms with Crippen molar-refractivity contribution in [1.82, 2.24) is 0 Å². The highest BCUT2D eigenvalue weighted by atomic mass is 16.5. The Balaban J connectivity index is 1.49. The molecule has 1 fully saturated rings. The first kappa shape index (κ1) is 25.5. The van der Waals surface area contributed by atoms with Gasteiger partial charge in [-0.15, -0.1) is 0 Å². The quantitative estimate of drug-likeness (QED) is 0.358. The van der Waals surface area contributed by atoms with Crippen molar-refractivity contribution in [2.75, 3.05) is 0 Å². The summed E-state index contributed by atoms with van der Waals surface area (Å²) in [6.07, 6.45) is 0.304. The minimum absolute atomic E-state index is 0.0810. The number of ether oxygens (including phenoxy) is 2. The van der Waals surface area contributed by atoms with Crippen LogP contribution in [0, 0.1) is 46.5 Å². The van der Waals surface area contributed by atoms with Gasteiger partial charge in [-0.2, -0.15) is 0 Å². The van der Waals surface area contributed by atoms with Gasteiger partial charge in [0.2, 0.25) is 0 Å². The number of aryl methyl sites for hydroxylation is 5. The van der Waals surface area contributed by atoms with Gasteiger partial charge in [-0.3, -0.25) is 0 Å².